The van der Waals surface area contributed by atoms with Crippen LogP contribution in [0.2, 0.25) is 0 Å². The molecule has 2 N–H and O–H groups in total. The van der Waals surface area contributed by atoms with Crippen molar-refractivity contribution in [2.45, 2.75) is 25.6 Å². The second kappa shape index (κ2) is 5.11. The highest BCUT2D eigenvalue weighted by molar-refractivity contribution is 5.84. The summed E-state index contributed by atoms with van der Waals surface area (Å²) in [6, 6.07) is 9.24. The van der Waals surface area contributed by atoms with E-state index in [4.69, 9.17) is 5.73 Å². The summed E-state index contributed by atoms with van der Waals surface area (Å²) in [5.74, 6) is 0. The maximum Gasteiger partial charge on any atom is 0.0830 e. The molecule has 1 aliphatic rings. The van der Waals surface area contributed by atoms with E-state index in [1.165, 1.54) is 16.6 Å². The summed E-state index contributed by atoms with van der Waals surface area (Å²) >= 11 is 0. The number of nitrogens with zero attached hydrogens (tertiary/aromatic N) is 3. The number of benzene rings is 1. The highest BCUT2D eigenvalue weighted by atomic mass is 15.3. The summed E-state index contributed by atoms with van der Waals surface area (Å²) in [6.45, 7) is 4.25. The van der Waals surface area contributed by atoms with Gasteiger partial charge in [-0.2, -0.15) is 0 Å². The van der Waals surface area contributed by atoms with Crippen molar-refractivity contribution in [1.82, 2.24) is 9.47 Å². The summed E-state index contributed by atoms with van der Waals surface area (Å²) < 4.78 is 2.33. The van der Waals surface area contributed by atoms with Gasteiger partial charge in [0.15, 0.2) is 0 Å². The van der Waals surface area contributed by atoms with Crippen LogP contribution in [-0.4, -0.2) is 42.7 Å². The summed E-state index contributed by atoms with van der Waals surface area (Å²) in [7, 11) is 4.22. The average molecular weight is 272 g/mol. The highest BCUT2D eigenvalue weighted by Crippen LogP contribution is 2.27. The van der Waals surface area contributed by atoms with E-state index >= 15 is 0 Å². The van der Waals surface area contributed by atoms with Crippen LogP contribution < -0.4 is 10.6 Å². The highest BCUT2D eigenvalue weighted by Gasteiger charge is 2.20. The van der Waals surface area contributed by atoms with E-state index in [0.29, 0.717) is 12.2 Å². The maximum absolute atomic E-state index is 6.02. The van der Waals surface area contributed by atoms with Crippen LogP contribution in [0.5, 0.6) is 0 Å². The van der Waals surface area contributed by atoms with E-state index in [2.05, 4.69) is 65.8 Å². The monoisotopic (exact) mass is 272 g/mol. The van der Waals surface area contributed by atoms with Crippen LogP contribution in [0, 0.1) is 0 Å². The molecule has 2 heterocycles. The molecule has 1 aromatic heterocycles. The third-order valence-corrected chi connectivity index (χ3v) is 4.45. The topological polar surface area (TPSA) is 37.4 Å². The summed E-state index contributed by atoms with van der Waals surface area (Å²) in [6.07, 6.45) is 3.62. The maximum atomic E-state index is 6.02. The van der Waals surface area contributed by atoms with Crippen LogP contribution in [0.25, 0.3) is 10.9 Å². The lowest BCUT2D eigenvalue weighted by Gasteiger charge is -2.23. The number of hydrogen-bond acceptors (Lipinski definition) is 3. The predicted molar refractivity (Wildman–Crippen MR) is 85.1 cm³/mol. The Balaban J connectivity index is 1.99. The zero-order valence-electron chi connectivity index (χ0n) is 12.6. The van der Waals surface area contributed by atoms with E-state index in [1.54, 1.807) is 0 Å². The first-order valence-corrected chi connectivity index (χ1v) is 7.34. The van der Waals surface area contributed by atoms with E-state index in [0.717, 1.165) is 19.5 Å². The molecular formula is C16H24N4. The van der Waals surface area contributed by atoms with Crippen molar-refractivity contribution < 1.29 is 0 Å². The lowest BCUT2D eigenvalue weighted by molar-refractivity contribution is 0.244. The number of fused-ring (bicyclic) bond motifs is 1. The molecule has 4 heteroatoms. The molecule has 0 bridgehead atoms. The second-order valence-electron chi connectivity index (χ2n) is 6.06. The third kappa shape index (κ3) is 2.30. The number of aromatic nitrogens is 1. The number of rotatable bonds is 3. The van der Waals surface area contributed by atoms with Crippen molar-refractivity contribution >= 4 is 16.6 Å². The zero-order chi connectivity index (χ0) is 14.3. The van der Waals surface area contributed by atoms with Crippen LogP contribution in [-0.2, 0) is 0 Å². The quantitative estimate of drug-likeness (QED) is 0.931. The van der Waals surface area contributed by atoms with Crippen molar-refractivity contribution in [2.24, 2.45) is 5.73 Å². The minimum atomic E-state index is 0.318. The van der Waals surface area contributed by atoms with Gasteiger partial charge in [-0.15, -0.1) is 0 Å². The Kier molecular flexibility index (Phi) is 3.44. The molecule has 108 valence electrons. The Morgan fingerprint density at radius 3 is 2.75 bits per heavy atom. The summed E-state index contributed by atoms with van der Waals surface area (Å²) in [5, 5.41) is 1.30. The van der Waals surface area contributed by atoms with Gasteiger partial charge in [0, 0.05) is 31.0 Å². The molecule has 2 aromatic rings. The van der Waals surface area contributed by atoms with Gasteiger partial charge < -0.3 is 15.2 Å². The third-order valence-electron chi connectivity index (χ3n) is 4.45. The summed E-state index contributed by atoms with van der Waals surface area (Å²) in [4.78, 5) is 4.61. The van der Waals surface area contributed by atoms with Gasteiger partial charge in [0.2, 0.25) is 0 Å². The van der Waals surface area contributed by atoms with E-state index < -0.39 is 0 Å². The van der Waals surface area contributed by atoms with Gasteiger partial charge in [-0.25, -0.2) is 0 Å². The Morgan fingerprint density at radius 2 is 2.10 bits per heavy atom. The van der Waals surface area contributed by atoms with Gasteiger partial charge in [0.05, 0.1) is 11.7 Å². The molecule has 0 amide bonds. The SMILES string of the molecule is CC(N(C)C)n1ccc2ccc(N3CCC(N)C3)cc21. The van der Waals surface area contributed by atoms with Crippen molar-refractivity contribution in [3.8, 4) is 0 Å². The van der Waals surface area contributed by atoms with Crippen molar-refractivity contribution in [3.05, 3.63) is 30.5 Å². The molecular weight excluding hydrogens is 248 g/mol. The summed E-state index contributed by atoms with van der Waals surface area (Å²) in [5.41, 5.74) is 8.60. The molecule has 1 fully saturated rings. The van der Waals surface area contributed by atoms with Gasteiger partial charge >= 0.3 is 0 Å². The van der Waals surface area contributed by atoms with Crippen molar-refractivity contribution in [3.63, 3.8) is 0 Å². The Labute approximate surface area is 120 Å². The first-order chi connectivity index (χ1) is 9.56. The molecule has 1 aromatic carbocycles. The molecule has 1 saturated heterocycles. The van der Waals surface area contributed by atoms with Crippen LogP contribution >= 0.6 is 0 Å². The molecule has 0 spiro atoms. The molecule has 20 heavy (non-hydrogen) atoms. The number of hydrogen-bond donors (Lipinski definition) is 1. The lowest BCUT2D eigenvalue weighted by Crippen LogP contribution is -2.26. The lowest BCUT2D eigenvalue weighted by atomic mass is 10.2. The van der Waals surface area contributed by atoms with Gasteiger partial charge in [-0.1, -0.05) is 6.07 Å². The van der Waals surface area contributed by atoms with E-state index in [-0.39, 0.29) is 0 Å². The minimum Gasteiger partial charge on any atom is -0.370 e. The first kappa shape index (κ1) is 13.5. The fourth-order valence-corrected chi connectivity index (χ4v) is 2.93. The normalized spacial score (nSPS) is 21.1. The van der Waals surface area contributed by atoms with Gasteiger partial charge in [0.1, 0.15) is 0 Å². The zero-order valence-corrected chi connectivity index (χ0v) is 12.6. The van der Waals surface area contributed by atoms with Crippen molar-refractivity contribution in [2.75, 3.05) is 32.1 Å². The largest absolute Gasteiger partial charge is 0.370 e. The van der Waals surface area contributed by atoms with Gasteiger partial charge in [0.25, 0.3) is 0 Å². The van der Waals surface area contributed by atoms with Crippen LogP contribution in [0.1, 0.15) is 19.5 Å². The Morgan fingerprint density at radius 1 is 1.30 bits per heavy atom. The van der Waals surface area contributed by atoms with Crippen LogP contribution in [0.15, 0.2) is 30.5 Å². The average Bonchev–Trinajstić information content (AvgIpc) is 3.03. The predicted octanol–water partition coefficient (Wildman–Crippen LogP) is 2.26. The fourth-order valence-electron chi connectivity index (χ4n) is 2.93. The molecule has 4 nitrogen and oxygen atoms in total. The molecule has 2 unspecified atom stereocenters. The first-order valence-electron chi connectivity index (χ1n) is 7.34. The molecule has 3 rings (SSSR count). The van der Waals surface area contributed by atoms with Crippen LogP contribution in [0.4, 0.5) is 5.69 Å². The molecule has 1 aliphatic heterocycles. The van der Waals surface area contributed by atoms with Gasteiger partial charge in [-0.05, 0) is 51.0 Å². The minimum absolute atomic E-state index is 0.318. The number of anilines is 1. The molecule has 0 radical (unpaired) electrons. The van der Waals surface area contributed by atoms with Gasteiger partial charge in [-0.3, -0.25) is 4.90 Å². The standard InChI is InChI=1S/C16H24N4/c1-12(18(2)3)20-9-6-13-4-5-15(10-16(13)20)19-8-7-14(17)11-19/h4-6,9-10,12,14H,7-8,11,17H2,1-3H3. The Hall–Kier alpha value is -1.52. The smallest absolute Gasteiger partial charge is 0.0830 e. The van der Waals surface area contributed by atoms with Crippen LogP contribution in [0.3, 0.4) is 0 Å². The van der Waals surface area contributed by atoms with E-state index in [1.807, 2.05) is 0 Å². The Bertz CT molecular complexity index is 602. The molecule has 0 saturated carbocycles. The molecule has 0 aliphatic carbocycles. The van der Waals surface area contributed by atoms with Crippen molar-refractivity contribution in [1.29, 1.82) is 0 Å². The molecule has 2 atom stereocenters. The number of nitrogens with two attached hydrogens (primary N) is 1. The fraction of sp³-hybridized carbons (Fsp3) is 0.500. The van der Waals surface area contributed by atoms with E-state index in [9.17, 15) is 0 Å². The second-order valence-corrected chi connectivity index (χ2v) is 6.06.